The van der Waals surface area contributed by atoms with Gasteiger partial charge in [-0.2, -0.15) is 0 Å². The van der Waals surface area contributed by atoms with Crippen molar-refractivity contribution in [3.05, 3.63) is 47.6 Å². The van der Waals surface area contributed by atoms with Crippen LogP contribution in [0.25, 0.3) is 6.08 Å². The first-order chi connectivity index (χ1) is 46.5. The predicted octanol–water partition coefficient (Wildman–Crippen LogP) is -1.00. The van der Waals surface area contributed by atoms with Gasteiger partial charge in [-0.1, -0.05) is 65.3 Å². The lowest BCUT2D eigenvalue weighted by molar-refractivity contribution is -0.391. The Hall–Kier alpha value is -4.30. The van der Waals surface area contributed by atoms with Gasteiger partial charge in [-0.25, -0.2) is 9.59 Å². The number of benzene rings is 1. The Morgan fingerprint density at radius 2 is 1.24 bits per heavy atom. The summed E-state index contributed by atoms with van der Waals surface area (Å²) >= 11 is 0. The van der Waals surface area contributed by atoms with E-state index in [0.29, 0.717) is 49.8 Å². The molecule has 0 radical (unpaired) electrons. The van der Waals surface area contributed by atoms with E-state index in [4.69, 9.17) is 56.8 Å². The smallest absolute Gasteiger partial charge is 0.335 e. The van der Waals surface area contributed by atoms with Gasteiger partial charge in [-0.3, -0.25) is 4.79 Å². The van der Waals surface area contributed by atoms with Crippen molar-refractivity contribution < 1.29 is 148 Å². The quantitative estimate of drug-likeness (QED) is 0.0292. The average Bonchev–Trinajstić information content (AvgIpc) is 0.671. The molecule has 5 heterocycles. The second-order valence-corrected chi connectivity index (χ2v) is 30.9. The highest BCUT2D eigenvalue weighted by molar-refractivity contribution is 5.87. The molecule has 30 nitrogen and oxygen atoms in total. The number of aliphatic hydroxyl groups is 13. The van der Waals surface area contributed by atoms with E-state index in [-0.39, 0.29) is 30.6 Å². The van der Waals surface area contributed by atoms with E-state index in [1.165, 1.54) is 27.0 Å². The van der Waals surface area contributed by atoms with Crippen molar-refractivity contribution in [2.24, 2.45) is 50.2 Å². The van der Waals surface area contributed by atoms with Crippen molar-refractivity contribution in [2.45, 2.75) is 273 Å². The highest BCUT2D eigenvalue weighted by Crippen LogP contribution is 2.76. The van der Waals surface area contributed by atoms with Gasteiger partial charge >= 0.3 is 17.9 Å². The van der Waals surface area contributed by atoms with Crippen molar-refractivity contribution >= 4 is 30.3 Å². The van der Waals surface area contributed by atoms with Crippen molar-refractivity contribution in [1.82, 2.24) is 0 Å². The molecule has 4 saturated carbocycles. The molecule has 99 heavy (non-hydrogen) atoms. The molecule has 14 N–H and O–H groups in total. The van der Waals surface area contributed by atoms with Crippen LogP contribution in [0.5, 0.6) is 5.75 Å². The molecule has 0 aromatic heterocycles. The number of rotatable bonds is 17. The topological polar surface area (TPSA) is 462 Å². The molecule has 11 rings (SSSR count). The number of carbonyl (C=O) groups is 4. The Bertz CT molecular complexity index is 3110. The highest BCUT2D eigenvalue weighted by Gasteiger charge is 2.73. The van der Waals surface area contributed by atoms with E-state index in [9.17, 15) is 85.9 Å². The standard InChI is InChI=1S/C69H100O30/c1-29-42(75)45(78)48(81)59(90-29)97-55-50(83)52(94-41(74)17-12-31-10-13-32(88-9)14-11-31)30(2)91-61(55)99-63(87)69-23-22-64(3,4)24-34(69)33-15-16-38-65(5)20-19-40(66(6,28-71)37(65)18-21-67(38,7)68(33,8)25-39(69)73)93-62-56(98-60-49(82)46(79)44(77)36(26-70)92-60)53(51(84)54(96-62)57(85)86)95-58-47(80)43(76)35(72)27-89-58/h10-15,17,28-30,34-40,42-56,58-62,70,72-73,75-84H,16,18-27H2,1-9H3,(H,85,86)/t29-,30+,34-,35+,36+,37+,38+,39+,40-,42-,43-,44-,45+,46-,47+,48+,49+,50-,51-,52-,53-,54-,55+,56+,58-,59-,60-,61-,62+,65-,66-,67+,68+,69+/m0/s1. The molecule has 10 aliphatic rings. The van der Waals surface area contributed by atoms with Crippen LogP contribution in [0.2, 0.25) is 0 Å². The Morgan fingerprint density at radius 3 is 1.90 bits per heavy atom. The molecule has 5 aliphatic heterocycles. The lowest BCUT2D eigenvalue weighted by Crippen LogP contribution is -2.69. The van der Waals surface area contributed by atoms with Gasteiger partial charge in [0.2, 0.25) is 6.29 Å². The number of carboxylic acids is 1. The van der Waals surface area contributed by atoms with Crippen LogP contribution in [-0.2, 0) is 71.3 Å². The number of methoxy groups -OCH3 is 1. The molecule has 0 amide bonds. The fraction of sp³-hybridized carbons (Fsp3) is 0.797. The van der Waals surface area contributed by atoms with Gasteiger partial charge in [-0.05, 0) is 135 Å². The van der Waals surface area contributed by atoms with Gasteiger partial charge in [0, 0.05) is 6.08 Å². The number of aldehydes is 1. The summed E-state index contributed by atoms with van der Waals surface area (Å²) in [5.41, 5.74) is -4.00. The average molecular weight is 1410 g/mol. The summed E-state index contributed by atoms with van der Waals surface area (Å²) in [6.45, 7) is 13.8. The summed E-state index contributed by atoms with van der Waals surface area (Å²) in [4.78, 5) is 56.5. The van der Waals surface area contributed by atoms with Crippen LogP contribution >= 0.6 is 0 Å². The normalized spacial score (nSPS) is 49.7. The van der Waals surface area contributed by atoms with Crippen molar-refractivity contribution in [3.8, 4) is 5.75 Å². The zero-order valence-corrected chi connectivity index (χ0v) is 56.9. The van der Waals surface area contributed by atoms with Crippen LogP contribution in [0.3, 0.4) is 0 Å². The molecule has 30 heteroatoms. The molecule has 9 fully saturated rings. The molecule has 5 aliphatic carbocycles. The summed E-state index contributed by atoms with van der Waals surface area (Å²) in [6.07, 6.45) is -37.0. The van der Waals surface area contributed by atoms with Gasteiger partial charge in [0.15, 0.2) is 43.5 Å². The van der Waals surface area contributed by atoms with Gasteiger partial charge in [0.05, 0.1) is 50.2 Å². The van der Waals surface area contributed by atoms with Gasteiger partial charge in [0.25, 0.3) is 0 Å². The van der Waals surface area contributed by atoms with Crippen molar-refractivity contribution in [1.29, 1.82) is 0 Å². The Morgan fingerprint density at radius 1 is 0.606 bits per heavy atom. The fourth-order valence-electron chi connectivity index (χ4n) is 18.7. The summed E-state index contributed by atoms with van der Waals surface area (Å²) < 4.78 is 72.1. The molecule has 0 spiro atoms. The fourth-order valence-corrected chi connectivity index (χ4v) is 18.7. The summed E-state index contributed by atoms with van der Waals surface area (Å²) in [6, 6.07) is 6.81. The summed E-state index contributed by atoms with van der Waals surface area (Å²) in [5, 5.41) is 155. The first-order valence-electron chi connectivity index (χ1n) is 34.3. The minimum atomic E-state index is -2.21. The number of hydrogen-bond donors (Lipinski definition) is 14. The van der Waals surface area contributed by atoms with Crippen molar-refractivity contribution in [3.63, 3.8) is 0 Å². The zero-order valence-electron chi connectivity index (χ0n) is 56.9. The third-order valence-corrected chi connectivity index (χ3v) is 24.8. The number of aliphatic carboxylic acids is 1. The number of carboxylic acid groups (broad SMARTS) is 1. The third kappa shape index (κ3) is 13.3. The van der Waals surface area contributed by atoms with Gasteiger partial charge < -0.3 is 133 Å². The Labute approximate surface area is 572 Å². The van der Waals surface area contributed by atoms with Crippen LogP contribution in [0.4, 0.5) is 0 Å². The van der Waals surface area contributed by atoms with E-state index in [2.05, 4.69) is 40.7 Å². The van der Waals surface area contributed by atoms with Crippen LogP contribution in [0.1, 0.15) is 119 Å². The van der Waals surface area contributed by atoms with Crippen LogP contribution in [0.15, 0.2) is 42.0 Å². The number of ether oxygens (including phenoxy) is 12. The van der Waals surface area contributed by atoms with Gasteiger partial charge in [-0.15, -0.1) is 0 Å². The van der Waals surface area contributed by atoms with E-state index >= 15 is 4.79 Å². The highest BCUT2D eigenvalue weighted by atomic mass is 16.8. The van der Waals surface area contributed by atoms with Crippen LogP contribution < -0.4 is 4.74 Å². The van der Waals surface area contributed by atoms with E-state index in [1.807, 2.05) is 0 Å². The number of allylic oxidation sites excluding steroid dienone is 2. The molecule has 0 bridgehead atoms. The lowest BCUT2D eigenvalue weighted by Gasteiger charge is -2.71. The number of carbonyl (C=O) groups excluding carboxylic acids is 3. The number of esters is 2. The second kappa shape index (κ2) is 28.6. The zero-order chi connectivity index (χ0) is 72.1. The largest absolute Gasteiger partial charge is 0.497 e. The van der Waals surface area contributed by atoms with E-state index in [0.717, 1.165) is 17.9 Å². The van der Waals surface area contributed by atoms with Crippen molar-refractivity contribution in [2.75, 3.05) is 20.3 Å². The van der Waals surface area contributed by atoms with E-state index < -0.39 is 230 Å². The second-order valence-electron chi connectivity index (χ2n) is 30.9. The molecule has 0 unspecified atom stereocenters. The molecular weight excluding hydrogens is 1310 g/mol. The maximum absolute atomic E-state index is 15.8. The first-order valence-corrected chi connectivity index (χ1v) is 34.3. The predicted molar refractivity (Wildman–Crippen MR) is 335 cm³/mol. The summed E-state index contributed by atoms with van der Waals surface area (Å²) in [7, 11) is 1.52. The lowest BCUT2D eigenvalue weighted by atomic mass is 9.33. The van der Waals surface area contributed by atoms with Gasteiger partial charge in [0.1, 0.15) is 103 Å². The first kappa shape index (κ1) is 75.8. The van der Waals surface area contributed by atoms with Crippen LogP contribution in [0, 0.1) is 50.2 Å². The number of hydrogen-bond acceptors (Lipinski definition) is 29. The molecule has 1 aromatic rings. The molecule has 1 aromatic carbocycles. The Balaban J connectivity index is 0.875. The van der Waals surface area contributed by atoms with Crippen LogP contribution in [-0.4, -0.2) is 276 Å². The summed E-state index contributed by atoms with van der Waals surface area (Å²) in [5.74, 6) is -4.21. The Kier molecular flexibility index (Phi) is 21.9. The molecule has 556 valence electrons. The number of aliphatic hydroxyl groups excluding tert-OH is 13. The third-order valence-electron chi connectivity index (χ3n) is 24.8. The minimum absolute atomic E-state index is 0.0687. The molecular formula is C69H100O30. The molecule has 34 atom stereocenters. The molecule has 5 saturated heterocycles. The monoisotopic (exact) mass is 1410 g/mol. The maximum Gasteiger partial charge on any atom is 0.335 e. The SMILES string of the molecule is COc1ccc(C=CC(=O)O[C@@H]2[C@H](O)[C@@H](O[C@@H]3O[C@@H](C)[C@H](O)[C@@H](O)[C@H]3O)[C@H](OC(=O)[C@]34CCC(C)(C)C[C@H]3C3=CC[C@@H]5[C@@]6(C)CC[C@H](O[C@@H]7O[C@H](C(=O)O)[C@@H](O)[C@H](O[C@@H]8OC[C@@H](O)[C@H](O)[C@H]8O)[C@H]7O[C@@H]7O[C@H](CO)[C@H](O)[C@H](O)[C@H]7O)[C@@](C)(C=O)[C@@H]6CC[C@@]5(C)[C@]3(C)C[C@H]4O)O[C@@H]2C)cc1. The van der Waals surface area contributed by atoms with E-state index in [1.54, 1.807) is 31.2 Å². The maximum atomic E-state index is 15.8. The minimum Gasteiger partial charge on any atom is -0.497 e. The number of fused-ring (bicyclic) bond motifs is 7.